The Bertz CT molecular complexity index is 1120. The lowest BCUT2D eigenvalue weighted by Gasteiger charge is -2.34. The second-order valence-corrected chi connectivity index (χ2v) is 9.17. The van der Waals surface area contributed by atoms with Crippen molar-refractivity contribution in [3.63, 3.8) is 0 Å². The summed E-state index contributed by atoms with van der Waals surface area (Å²) in [4.78, 5) is 20.4. The molecule has 2 aliphatic heterocycles. The van der Waals surface area contributed by atoms with Crippen molar-refractivity contribution in [2.24, 2.45) is 0 Å². The molecule has 186 valence electrons. The van der Waals surface area contributed by atoms with Crippen LogP contribution in [-0.2, 0) is 17.8 Å². The Morgan fingerprint density at radius 3 is 2.43 bits per heavy atom. The molecule has 0 radical (unpaired) electrons. The van der Waals surface area contributed by atoms with Crippen LogP contribution in [0.15, 0.2) is 48.5 Å². The van der Waals surface area contributed by atoms with Crippen LogP contribution in [0.4, 0.5) is 0 Å². The number of rotatable bonds is 8. The molecule has 3 heterocycles. The third kappa shape index (κ3) is 5.50. The number of piperazine rings is 1. The number of carbonyl (C=O) groups is 1. The molecule has 35 heavy (non-hydrogen) atoms. The highest BCUT2D eigenvalue weighted by Crippen LogP contribution is 2.29. The van der Waals surface area contributed by atoms with Gasteiger partial charge in [0.2, 0.25) is 0 Å². The molecule has 0 saturated carbocycles. The molecule has 3 aromatic rings. The number of para-hydroxylation sites is 1. The van der Waals surface area contributed by atoms with E-state index >= 15 is 0 Å². The number of morpholine rings is 1. The van der Waals surface area contributed by atoms with Gasteiger partial charge in [0, 0.05) is 57.7 Å². The lowest BCUT2D eigenvalue weighted by molar-refractivity contribution is 0.0361. The second-order valence-electron chi connectivity index (χ2n) is 9.17. The Labute approximate surface area is 207 Å². The number of amides is 1. The minimum Gasteiger partial charge on any atom is -0.492 e. The van der Waals surface area contributed by atoms with Crippen LogP contribution in [0, 0.1) is 0 Å². The van der Waals surface area contributed by atoms with Gasteiger partial charge in [-0.3, -0.25) is 19.3 Å². The Hall–Kier alpha value is -2.94. The fraction of sp³-hybridized carbons (Fsp3) is 0.481. The highest BCUT2D eigenvalue weighted by molar-refractivity contribution is 6.06. The summed E-state index contributed by atoms with van der Waals surface area (Å²) in [6.07, 6.45) is 0. The van der Waals surface area contributed by atoms with E-state index in [9.17, 15) is 4.79 Å². The van der Waals surface area contributed by atoms with E-state index in [0.717, 1.165) is 69.1 Å². The summed E-state index contributed by atoms with van der Waals surface area (Å²) in [6, 6.07) is 16.4. The molecule has 0 bridgehead atoms. The summed E-state index contributed by atoms with van der Waals surface area (Å²) in [5.41, 5.74) is 2.74. The van der Waals surface area contributed by atoms with Gasteiger partial charge in [-0.05, 0) is 18.6 Å². The number of nitrogens with zero attached hydrogens (tertiary/aromatic N) is 5. The van der Waals surface area contributed by atoms with E-state index in [-0.39, 0.29) is 5.91 Å². The molecule has 2 aromatic carbocycles. The van der Waals surface area contributed by atoms with Crippen LogP contribution in [0.2, 0.25) is 0 Å². The van der Waals surface area contributed by atoms with Crippen molar-refractivity contribution in [2.75, 3.05) is 65.6 Å². The number of hydrogen-bond donors (Lipinski definition) is 0. The highest BCUT2D eigenvalue weighted by atomic mass is 16.5. The quantitative estimate of drug-likeness (QED) is 0.497. The molecule has 8 heteroatoms. The fourth-order valence-electron chi connectivity index (χ4n) is 4.96. The molecule has 8 nitrogen and oxygen atoms in total. The zero-order valence-electron chi connectivity index (χ0n) is 20.6. The molecule has 1 aromatic heterocycles. The van der Waals surface area contributed by atoms with E-state index in [4.69, 9.17) is 14.6 Å². The average molecular weight is 478 g/mol. The van der Waals surface area contributed by atoms with Crippen LogP contribution in [0.1, 0.15) is 23.0 Å². The number of carbonyl (C=O) groups excluding carboxylic acids is 1. The SMILES string of the molecule is CCOc1cccc2c(C(=O)N3CCN(Cc4ccccc4)CC3)nn(CCN3CCOCC3)c12. The summed E-state index contributed by atoms with van der Waals surface area (Å²) in [6.45, 7) is 11.6. The maximum absolute atomic E-state index is 13.6. The predicted octanol–water partition coefficient (Wildman–Crippen LogP) is 2.73. The minimum atomic E-state index is 0.00753. The standard InChI is InChI=1S/C27H35N5O3/c1-2-35-24-10-6-9-23-25(28-32(26(23)24)16-13-29-17-19-34-20-18-29)27(33)31-14-11-30(12-15-31)21-22-7-4-3-5-8-22/h3-10H,2,11-21H2,1H3. The molecule has 2 fully saturated rings. The predicted molar refractivity (Wildman–Crippen MR) is 136 cm³/mol. The maximum Gasteiger partial charge on any atom is 0.275 e. The largest absolute Gasteiger partial charge is 0.492 e. The second kappa shape index (κ2) is 11.2. The summed E-state index contributed by atoms with van der Waals surface area (Å²) in [5, 5.41) is 5.72. The summed E-state index contributed by atoms with van der Waals surface area (Å²) in [7, 11) is 0. The molecule has 1 amide bonds. The van der Waals surface area contributed by atoms with Gasteiger partial charge in [0.15, 0.2) is 5.69 Å². The number of ether oxygens (including phenoxy) is 2. The van der Waals surface area contributed by atoms with Crippen molar-refractivity contribution < 1.29 is 14.3 Å². The van der Waals surface area contributed by atoms with Gasteiger partial charge in [-0.1, -0.05) is 42.5 Å². The first-order valence-electron chi connectivity index (χ1n) is 12.7. The molecule has 2 aliphatic rings. The van der Waals surface area contributed by atoms with Gasteiger partial charge in [0.25, 0.3) is 5.91 Å². The summed E-state index contributed by atoms with van der Waals surface area (Å²) in [5.74, 6) is 0.791. The van der Waals surface area contributed by atoms with Crippen molar-refractivity contribution in [2.45, 2.75) is 20.0 Å². The van der Waals surface area contributed by atoms with E-state index in [1.165, 1.54) is 5.56 Å². The number of aromatic nitrogens is 2. The van der Waals surface area contributed by atoms with Crippen LogP contribution in [0.25, 0.3) is 10.9 Å². The molecular weight excluding hydrogens is 442 g/mol. The Kier molecular flexibility index (Phi) is 7.61. The molecule has 5 rings (SSSR count). The minimum absolute atomic E-state index is 0.00753. The third-order valence-corrected chi connectivity index (χ3v) is 6.88. The Morgan fingerprint density at radius 2 is 1.69 bits per heavy atom. The van der Waals surface area contributed by atoms with E-state index in [2.05, 4.69) is 34.1 Å². The lowest BCUT2D eigenvalue weighted by atomic mass is 10.1. The monoisotopic (exact) mass is 477 g/mol. The molecule has 0 unspecified atom stereocenters. The van der Waals surface area contributed by atoms with E-state index < -0.39 is 0 Å². The van der Waals surface area contributed by atoms with Crippen LogP contribution in [-0.4, -0.2) is 96.0 Å². The molecule has 2 saturated heterocycles. The molecule has 0 aliphatic carbocycles. The Morgan fingerprint density at radius 1 is 0.914 bits per heavy atom. The summed E-state index contributed by atoms with van der Waals surface area (Å²) < 4.78 is 13.4. The van der Waals surface area contributed by atoms with Gasteiger partial charge in [0.1, 0.15) is 11.3 Å². The van der Waals surface area contributed by atoms with Gasteiger partial charge in [-0.15, -0.1) is 0 Å². The van der Waals surface area contributed by atoms with Gasteiger partial charge >= 0.3 is 0 Å². The summed E-state index contributed by atoms with van der Waals surface area (Å²) >= 11 is 0. The maximum atomic E-state index is 13.6. The zero-order valence-corrected chi connectivity index (χ0v) is 20.6. The van der Waals surface area contributed by atoms with Crippen LogP contribution in [0.5, 0.6) is 5.75 Å². The normalized spacial score (nSPS) is 17.7. The van der Waals surface area contributed by atoms with Crippen LogP contribution in [0.3, 0.4) is 0 Å². The molecule has 0 atom stereocenters. The topological polar surface area (TPSA) is 63.1 Å². The van der Waals surface area contributed by atoms with Crippen LogP contribution < -0.4 is 4.74 Å². The third-order valence-electron chi connectivity index (χ3n) is 6.88. The molecule has 0 spiro atoms. The van der Waals surface area contributed by atoms with Crippen molar-refractivity contribution in [3.8, 4) is 5.75 Å². The van der Waals surface area contributed by atoms with Crippen molar-refractivity contribution in [1.82, 2.24) is 24.5 Å². The first-order valence-corrected chi connectivity index (χ1v) is 12.7. The highest BCUT2D eigenvalue weighted by Gasteiger charge is 2.27. The molecule has 0 N–H and O–H groups in total. The first-order chi connectivity index (χ1) is 17.2. The van der Waals surface area contributed by atoms with Crippen molar-refractivity contribution >= 4 is 16.8 Å². The van der Waals surface area contributed by atoms with Crippen LogP contribution >= 0.6 is 0 Å². The van der Waals surface area contributed by atoms with Crippen molar-refractivity contribution in [3.05, 3.63) is 59.8 Å². The van der Waals surface area contributed by atoms with Gasteiger partial charge in [-0.25, -0.2) is 0 Å². The van der Waals surface area contributed by atoms with E-state index in [0.29, 0.717) is 31.9 Å². The lowest BCUT2D eigenvalue weighted by Crippen LogP contribution is -2.48. The smallest absolute Gasteiger partial charge is 0.275 e. The zero-order chi connectivity index (χ0) is 24.0. The van der Waals surface area contributed by atoms with Gasteiger partial charge in [0.05, 0.1) is 26.4 Å². The molecular formula is C27H35N5O3. The van der Waals surface area contributed by atoms with Gasteiger partial charge in [-0.2, -0.15) is 5.10 Å². The number of fused-ring (bicyclic) bond motifs is 1. The average Bonchev–Trinajstić information content (AvgIpc) is 3.28. The fourth-order valence-corrected chi connectivity index (χ4v) is 4.96. The van der Waals surface area contributed by atoms with Crippen molar-refractivity contribution in [1.29, 1.82) is 0 Å². The van der Waals surface area contributed by atoms with E-state index in [1.54, 1.807) is 0 Å². The number of hydrogen-bond acceptors (Lipinski definition) is 6. The van der Waals surface area contributed by atoms with Gasteiger partial charge < -0.3 is 14.4 Å². The van der Waals surface area contributed by atoms with E-state index in [1.807, 2.05) is 40.8 Å². The number of benzene rings is 2. The first kappa shape index (κ1) is 23.8. The Balaban J connectivity index is 1.32.